The van der Waals surface area contributed by atoms with Crippen molar-refractivity contribution in [3.8, 4) is 0 Å². The Morgan fingerprint density at radius 3 is 2.50 bits per heavy atom. The second-order valence-electron chi connectivity index (χ2n) is 8.12. The summed E-state index contributed by atoms with van der Waals surface area (Å²) in [6.45, 7) is 13.5. The molecular weight excluding hydrogens is 296 g/mol. The third-order valence-corrected chi connectivity index (χ3v) is 6.22. The highest BCUT2D eigenvalue weighted by Gasteiger charge is 2.36. The van der Waals surface area contributed by atoms with Crippen molar-refractivity contribution in [2.75, 3.05) is 52.4 Å². The molecule has 2 atom stereocenters. The van der Waals surface area contributed by atoms with E-state index in [0.29, 0.717) is 0 Å². The minimum Gasteiger partial charge on any atom is -0.302 e. The first-order chi connectivity index (χ1) is 11.8. The Balaban J connectivity index is 1.26. The predicted molar refractivity (Wildman–Crippen MR) is 98.0 cm³/mol. The quantitative estimate of drug-likeness (QED) is 0.827. The summed E-state index contributed by atoms with van der Waals surface area (Å²) in [6.07, 6.45) is 4.21. The molecule has 4 heteroatoms. The maximum atomic E-state index is 4.68. The fourth-order valence-corrected chi connectivity index (χ4v) is 4.88. The molecule has 0 aromatic carbocycles. The molecule has 0 spiro atoms. The lowest BCUT2D eigenvalue weighted by molar-refractivity contribution is 0.134. The Labute approximate surface area is 146 Å². The second-order valence-corrected chi connectivity index (χ2v) is 8.12. The van der Waals surface area contributed by atoms with Gasteiger partial charge in [0.15, 0.2) is 0 Å². The smallest absolute Gasteiger partial charge is 0.0547 e. The number of hydrogen-bond acceptors (Lipinski definition) is 4. The summed E-state index contributed by atoms with van der Waals surface area (Å²) in [4.78, 5) is 12.7. The summed E-state index contributed by atoms with van der Waals surface area (Å²) in [5.41, 5.74) is 2.37. The molecule has 1 aromatic rings. The third-order valence-electron chi connectivity index (χ3n) is 6.22. The zero-order chi connectivity index (χ0) is 16.4. The van der Waals surface area contributed by atoms with E-state index < -0.39 is 0 Å². The van der Waals surface area contributed by atoms with Crippen molar-refractivity contribution in [3.05, 3.63) is 29.6 Å². The van der Waals surface area contributed by atoms with E-state index in [1.807, 2.05) is 0 Å². The molecule has 4 rings (SSSR count). The molecule has 4 nitrogen and oxygen atoms in total. The molecule has 4 heterocycles. The molecule has 3 aliphatic rings. The van der Waals surface area contributed by atoms with Crippen molar-refractivity contribution < 1.29 is 0 Å². The normalized spacial score (nSPS) is 29.2. The van der Waals surface area contributed by atoms with Crippen LogP contribution in [0.1, 0.15) is 30.7 Å². The molecule has 0 N–H and O–H groups in total. The lowest BCUT2D eigenvalue weighted by Crippen LogP contribution is -2.43. The van der Waals surface area contributed by atoms with E-state index in [9.17, 15) is 0 Å². The number of rotatable bonds is 5. The Bertz CT molecular complexity index is 540. The number of fused-ring (bicyclic) bond motifs is 1. The number of likely N-dealkylation sites (tertiary alicyclic amines) is 3. The van der Waals surface area contributed by atoms with Crippen molar-refractivity contribution in [2.45, 2.75) is 32.7 Å². The van der Waals surface area contributed by atoms with E-state index in [1.54, 1.807) is 0 Å². The number of aromatic nitrogens is 1. The summed E-state index contributed by atoms with van der Waals surface area (Å²) in [7, 11) is 0. The molecule has 132 valence electrons. The Morgan fingerprint density at radius 2 is 1.67 bits per heavy atom. The van der Waals surface area contributed by atoms with Gasteiger partial charge in [0.05, 0.1) is 5.69 Å². The van der Waals surface area contributed by atoms with Crippen LogP contribution in [-0.4, -0.2) is 72.0 Å². The lowest BCUT2D eigenvalue weighted by atomic mass is 9.89. The SMILES string of the molecule is Cc1cccc(CN2C[C@H]3CN(CCN4CCCC4)CC[C@H]3C2)n1. The van der Waals surface area contributed by atoms with Crippen molar-refractivity contribution >= 4 is 0 Å². The molecule has 24 heavy (non-hydrogen) atoms. The number of piperidine rings is 1. The fraction of sp³-hybridized carbons (Fsp3) is 0.750. The van der Waals surface area contributed by atoms with E-state index in [1.165, 1.54) is 77.3 Å². The highest BCUT2D eigenvalue weighted by atomic mass is 15.2. The van der Waals surface area contributed by atoms with Crippen LogP contribution in [0, 0.1) is 18.8 Å². The minimum atomic E-state index is 0.877. The summed E-state index contributed by atoms with van der Waals surface area (Å²) in [5, 5.41) is 0. The maximum absolute atomic E-state index is 4.68. The molecule has 0 unspecified atom stereocenters. The van der Waals surface area contributed by atoms with Crippen molar-refractivity contribution in [1.82, 2.24) is 19.7 Å². The average Bonchev–Trinajstić information content (AvgIpc) is 3.21. The Hall–Kier alpha value is -0.970. The van der Waals surface area contributed by atoms with E-state index in [-0.39, 0.29) is 0 Å². The van der Waals surface area contributed by atoms with Gasteiger partial charge in [0.25, 0.3) is 0 Å². The standard InChI is InChI=1S/C20H32N4/c1-17-5-4-6-20(21-17)16-24-13-18-7-10-23(14-19(18)15-24)12-11-22-8-2-3-9-22/h4-6,18-19H,2-3,7-16H2,1H3/t18-,19+/m0/s1. The van der Waals surface area contributed by atoms with E-state index in [4.69, 9.17) is 0 Å². The highest BCUT2D eigenvalue weighted by Crippen LogP contribution is 2.31. The highest BCUT2D eigenvalue weighted by molar-refractivity contribution is 5.10. The molecule has 0 radical (unpaired) electrons. The van der Waals surface area contributed by atoms with Gasteiger partial charge in [0.1, 0.15) is 0 Å². The first-order valence-corrected chi connectivity index (χ1v) is 9.86. The molecule has 3 saturated heterocycles. The van der Waals surface area contributed by atoms with Gasteiger partial charge in [0.2, 0.25) is 0 Å². The van der Waals surface area contributed by atoms with Crippen molar-refractivity contribution in [3.63, 3.8) is 0 Å². The Kier molecular flexibility index (Phi) is 5.16. The number of aryl methyl sites for hydroxylation is 1. The first kappa shape index (κ1) is 16.5. The third kappa shape index (κ3) is 3.98. The van der Waals surface area contributed by atoms with Gasteiger partial charge in [-0.05, 0) is 69.8 Å². The van der Waals surface area contributed by atoms with Gasteiger partial charge < -0.3 is 9.80 Å². The van der Waals surface area contributed by atoms with E-state index in [0.717, 1.165) is 24.1 Å². The van der Waals surface area contributed by atoms with E-state index >= 15 is 0 Å². The fourth-order valence-electron chi connectivity index (χ4n) is 4.88. The van der Waals surface area contributed by atoms with Gasteiger partial charge in [-0.1, -0.05) is 6.07 Å². The van der Waals surface area contributed by atoms with Crippen LogP contribution in [0.5, 0.6) is 0 Å². The van der Waals surface area contributed by atoms with Crippen LogP contribution < -0.4 is 0 Å². The van der Waals surface area contributed by atoms with Crippen LogP contribution in [0.15, 0.2) is 18.2 Å². The van der Waals surface area contributed by atoms with Crippen LogP contribution in [-0.2, 0) is 6.54 Å². The zero-order valence-electron chi connectivity index (χ0n) is 15.2. The number of pyridine rings is 1. The molecule has 3 fully saturated rings. The van der Waals surface area contributed by atoms with Gasteiger partial charge in [0, 0.05) is 45.0 Å². The first-order valence-electron chi connectivity index (χ1n) is 9.86. The van der Waals surface area contributed by atoms with Gasteiger partial charge >= 0.3 is 0 Å². The molecule has 0 bridgehead atoms. The molecule has 0 amide bonds. The summed E-state index contributed by atoms with van der Waals surface area (Å²) in [6, 6.07) is 6.41. The Morgan fingerprint density at radius 1 is 0.917 bits per heavy atom. The number of hydrogen-bond donors (Lipinski definition) is 0. The number of nitrogens with zero attached hydrogens (tertiary/aromatic N) is 4. The van der Waals surface area contributed by atoms with Crippen LogP contribution in [0.2, 0.25) is 0 Å². The second kappa shape index (κ2) is 7.51. The average molecular weight is 329 g/mol. The molecule has 0 aliphatic carbocycles. The molecular formula is C20H32N4. The van der Waals surface area contributed by atoms with Gasteiger partial charge in [-0.25, -0.2) is 0 Å². The molecule has 3 aliphatic heterocycles. The topological polar surface area (TPSA) is 22.6 Å². The summed E-state index contributed by atoms with van der Waals surface area (Å²) in [5.74, 6) is 1.79. The van der Waals surface area contributed by atoms with Crippen LogP contribution in [0.25, 0.3) is 0 Å². The maximum Gasteiger partial charge on any atom is 0.0547 e. The van der Waals surface area contributed by atoms with Crippen LogP contribution in [0.4, 0.5) is 0 Å². The minimum absolute atomic E-state index is 0.877. The zero-order valence-corrected chi connectivity index (χ0v) is 15.2. The molecule has 0 saturated carbocycles. The monoisotopic (exact) mass is 328 g/mol. The van der Waals surface area contributed by atoms with Crippen LogP contribution in [0.3, 0.4) is 0 Å². The van der Waals surface area contributed by atoms with E-state index in [2.05, 4.69) is 44.8 Å². The van der Waals surface area contributed by atoms with Crippen molar-refractivity contribution in [2.24, 2.45) is 11.8 Å². The van der Waals surface area contributed by atoms with Gasteiger partial charge in [-0.3, -0.25) is 9.88 Å². The molecule has 1 aromatic heterocycles. The summed E-state index contributed by atoms with van der Waals surface area (Å²) < 4.78 is 0. The van der Waals surface area contributed by atoms with Crippen molar-refractivity contribution in [1.29, 1.82) is 0 Å². The summed E-state index contributed by atoms with van der Waals surface area (Å²) >= 11 is 0. The van der Waals surface area contributed by atoms with Gasteiger partial charge in [-0.15, -0.1) is 0 Å². The largest absolute Gasteiger partial charge is 0.302 e. The van der Waals surface area contributed by atoms with Crippen LogP contribution >= 0.6 is 0 Å². The predicted octanol–water partition coefficient (Wildman–Crippen LogP) is 2.24. The van der Waals surface area contributed by atoms with Gasteiger partial charge in [-0.2, -0.15) is 0 Å². The lowest BCUT2D eigenvalue weighted by Gasteiger charge is -2.35.